The van der Waals surface area contributed by atoms with E-state index in [-0.39, 0.29) is 23.9 Å². The van der Waals surface area contributed by atoms with Crippen molar-refractivity contribution < 1.29 is 18.0 Å². The number of nitrogens with zero attached hydrogens (tertiary/aromatic N) is 6. The van der Waals surface area contributed by atoms with E-state index in [9.17, 15) is 18.0 Å². The third-order valence-electron chi connectivity index (χ3n) is 6.42. The zero-order valence-corrected chi connectivity index (χ0v) is 17.8. The Kier molecular flexibility index (Phi) is 5.30. The lowest BCUT2D eigenvalue weighted by atomic mass is 9.86. The predicted octanol–water partition coefficient (Wildman–Crippen LogP) is 3.89. The maximum atomic E-state index is 13.7. The van der Waals surface area contributed by atoms with Crippen molar-refractivity contribution in [1.29, 1.82) is 0 Å². The standard InChI is InChI=1S/C23H21F3N6O/c1-13-3-5-17(21-27-7-2-8-28-21)20(31-13)22(33)32-16-4-6-18(32)14(9-16)10-19-29-11-15(12-30-19)23(24,25)26/h2-3,5,7-8,11-12,14,16,18H,4,6,9-10H2,1H3. The number of pyridine rings is 1. The largest absolute Gasteiger partial charge is 0.419 e. The molecule has 3 aromatic rings. The summed E-state index contributed by atoms with van der Waals surface area (Å²) in [6, 6.07) is 5.39. The molecule has 0 spiro atoms. The number of rotatable bonds is 4. The van der Waals surface area contributed by atoms with Crippen molar-refractivity contribution in [2.24, 2.45) is 5.92 Å². The Balaban J connectivity index is 1.39. The molecule has 33 heavy (non-hydrogen) atoms. The Hall–Kier alpha value is -3.43. The molecule has 0 N–H and O–H groups in total. The normalized spacial score (nSPS) is 22.1. The lowest BCUT2D eigenvalue weighted by molar-refractivity contribution is -0.138. The molecule has 3 unspecified atom stereocenters. The molecular formula is C23H21F3N6O. The molecule has 0 radical (unpaired) electrons. The Morgan fingerprint density at radius 2 is 1.82 bits per heavy atom. The Morgan fingerprint density at radius 1 is 1.09 bits per heavy atom. The second-order valence-electron chi connectivity index (χ2n) is 8.52. The van der Waals surface area contributed by atoms with Crippen molar-refractivity contribution in [3.8, 4) is 11.4 Å². The third kappa shape index (κ3) is 4.05. The van der Waals surface area contributed by atoms with Crippen molar-refractivity contribution in [3.05, 3.63) is 65.8 Å². The maximum Gasteiger partial charge on any atom is 0.419 e. The van der Waals surface area contributed by atoms with Crippen LogP contribution in [0.5, 0.6) is 0 Å². The molecule has 1 amide bonds. The van der Waals surface area contributed by atoms with Gasteiger partial charge >= 0.3 is 6.18 Å². The molecule has 2 aliphatic rings. The van der Waals surface area contributed by atoms with Gasteiger partial charge in [-0.15, -0.1) is 0 Å². The van der Waals surface area contributed by atoms with E-state index in [1.54, 1.807) is 18.5 Å². The van der Waals surface area contributed by atoms with E-state index >= 15 is 0 Å². The average Bonchev–Trinajstić information content (AvgIpc) is 3.36. The van der Waals surface area contributed by atoms with E-state index in [4.69, 9.17) is 0 Å². The van der Waals surface area contributed by atoms with Crippen LogP contribution in [0.1, 0.15) is 46.8 Å². The van der Waals surface area contributed by atoms with Crippen LogP contribution in [0.3, 0.4) is 0 Å². The molecule has 2 fully saturated rings. The maximum absolute atomic E-state index is 13.7. The molecule has 5 heterocycles. The third-order valence-corrected chi connectivity index (χ3v) is 6.42. The first-order valence-electron chi connectivity index (χ1n) is 10.8. The molecule has 10 heteroatoms. The van der Waals surface area contributed by atoms with Gasteiger partial charge in [0.2, 0.25) is 0 Å². The molecule has 0 aliphatic carbocycles. The first kappa shape index (κ1) is 21.4. The summed E-state index contributed by atoms with van der Waals surface area (Å²) in [4.78, 5) is 36.5. The van der Waals surface area contributed by atoms with Crippen LogP contribution in [0.4, 0.5) is 13.2 Å². The zero-order chi connectivity index (χ0) is 23.2. The molecule has 0 aromatic carbocycles. The highest BCUT2D eigenvalue weighted by atomic mass is 19.4. The topological polar surface area (TPSA) is 84.8 Å². The van der Waals surface area contributed by atoms with Crippen LogP contribution in [0.15, 0.2) is 43.0 Å². The molecule has 5 rings (SSSR count). The van der Waals surface area contributed by atoms with Crippen LogP contribution < -0.4 is 0 Å². The van der Waals surface area contributed by atoms with E-state index in [1.807, 2.05) is 24.0 Å². The minimum absolute atomic E-state index is 0.0275. The van der Waals surface area contributed by atoms with Crippen LogP contribution in [0.25, 0.3) is 11.4 Å². The van der Waals surface area contributed by atoms with Gasteiger partial charge in [0.05, 0.1) is 11.1 Å². The summed E-state index contributed by atoms with van der Waals surface area (Å²) in [5.41, 5.74) is 0.765. The first-order chi connectivity index (χ1) is 15.8. The fraction of sp³-hybridized carbons (Fsp3) is 0.391. The minimum Gasteiger partial charge on any atom is -0.331 e. The number of halogens is 3. The SMILES string of the molecule is Cc1ccc(-c2ncccn2)c(C(=O)N2C3CCC2C(Cc2ncc(C(F)(F)F)cn2)C3)n1. The van der Waals surface area contributed by atoms with E-state index in [2.05, 4.69) is 24.9 Å². The molecule has 3 aromatic heterocycles. The van der Waals surface area contributed by atoms with Crippen LogP contribution in [-0.2, 0) is 12.6 Å². The number of hydrogen-bond donors (Lipinski definition) is 0. The van der Waals surface area contributed by atoms with Crippen LogP contribution in [0, 0.1) is 12.8 Å². The number of aromatic nitrogens is 5. The van der Waals surface area contributed by atoms with Gasteiger partial charge in [0, 0.05) is 49.0 Å². The number of fused-ring (bicyclic) bond motifs is 2. The monoisotopic (exact) mass is 454 g/mol. The fourth-order valence-corrected chi connectivity index (χ4v) is 4.95. The summed E-state index contributed by atoms with van der Waals surface area (Å²) >= 11 is 0. The molecule has 170 valence electrons. The van der Waals surface area contributed by atoms with Gasteiger partial charge in [0.25, 0.3) is 5.91 Å². The summed E-state index contributed by atoms with van der Waals surface area (Å²) in [6.07, 6.45) is 3.35. The van der Waals surface area contributed by atoms with Crippen LogP contribution in [-0.4, -0.2) is 47.8 Å². The molecule has 2 bridgehead atoms. The van der Waals surface area contributed by atoms with Crippen molar-refractivity contribution in [1.82, 2.24) is 29.8 Å². The van der Waals surface area contributed by atoms with Crippen molar-refractivity contribution in [2.45, 2.75) is 50.9 Å². The first-order valence-corrected chi connectivity index (χ1v) is 10.8. The number of aryl methyl sites for hydroxylation is 1. The van der Waals surface area contributed by atoms with Crippen molar-refractivity contribution >= 4 is 5.91 Å². The summed E-state index contributed by atoms with van der Waals surface area (Å²) in [7, 11) is 0. The minimum atomic E-state index is -4.46. The smallest absolute Gasteiger partial charge is 0.331 e. The highest BCUT2D eigenvalue weighted by molar-refractivity contribution is 5.99. The average molecular weight is 454 g/mol. The second kappa shape index (κ2) is 8.17. The summed E-state index contributed by atoms with van der Waals surface area (Å²) in [5.74, 6) is 0.727. The number of carbonyl (C=O) groups excluding carboxylic acids is 1. The Bertz CT molecular complexity index is 1170. The van der Waals surface area contributed by atoms with Gasteiger partial charge in [0.15, 0.2) is 5.82 Å². The molecule has 2 aliphatic heterocycles. The van der Waals surface area contributed by atoms with Gasteiger partial charge in [-0.05, 0) is 50.3 Å². The van der Waals surface area contributed by atoms with Gasteiger partial charge in [-0.2, -0.15) is 13.2 Å². The van der Waals surface area contributed by atoms with Gasteiger partial charge < -0.3 is 4.90 Å². The van der Waals surface area contributed by atoms with E-state index < -0.39 is 11.7 Å². The van der Waals surface area contributed by atoms with Crippen molar-refractivity contribution in [2.75, 3.05) is 0 Å². The van der Waals surface area contributed by atoms with Crippen LogP contribution in [0.2, 0.25) is 0 Å². The summed E-state index contributed by atoms with van der Waals surface area (Å²) < 4.78 is 38.4. The fourth-order valence-electron chi connectivity index (χ4n) is 4.95. The number of alkyl halides is 3. The summed E-state index contributed by atoms with van der Waals surface area (Å²) in [5, 5.41) is 0. The lowest BCUT2D eigenvalue weighted by Gasteiger charge is -2.25. The molecule has 0 saturated carbocycles. The van der Waals surface area contributed by atoms with Crippen molar-refractivity contribution in [3.63, 3.8) is 0 Å². The molecule has 3 atom stereocenters. The Morgan fingerprint density at radius 3 is 2.52 bits per heavy atom. The van der Waals surface area contributed by atoms with Gasteiger partial charge in [-0.3, -0.25) is 4.79 Å². The number of hydrogen-bond acceptors (Lipinski definition) is 6. The van der Waals surface area contributed by atoms with Gasteiger partial charge in [0.1, 0.15) is 11.5 Å². The lowest BCUT2D eigenvalue weighted by Crippen LogP contribution is -2.37. The molecular weight excluding hydrogens is 433 g/mol. The second-order valence-corrected chi connectivity index (χ2v) is 8.52. The van der Waals surface area contributed by atoms with Gasteiger partial charge in [-0.1, -0.05) is 0 Å². The summed E-state index contributed by atoms with van der Waals surface area (Å²) in [6.45, 7) is 1.83. The zero-order valence-electron chi connectivity index (χ0n) is 17.8. The van der Waals surface area contributed by atoms with E-state index in [0.29, 0.717) is 29.3 Å². The Labute approximate surface area is 188 Å². The predicted molar refractivity (Wildman–Crippen MR) is 112 cm³/mol. The molecule has 7 nitrogen and oxygen atoms in total. The highest BCUT2D eigenvalue weighted by Gasteiger charge is 2.49. The molecule has 2 saturated heterocycles. The van der Waals surface area contributed by atoms with E-state index in [1.165, 1.54) is 0 Å². The van der Waals surface area contributed by atoms with Crippen LogP contribution >= 0.6 is 0 Å². The van der Waals surface area contributed by atoms with E-state index in [0.717, 1.165) is 37.4 Å². The number of carbonyl (C=O) groups is 1. The van der Waals surface area contributed by atoms with Gasteiger partial charge in [-0.25, -0.2) is 24.9 Å². The highest BCUT2D eigenvalue weighted by Crippen LogP contribution is 2.44. The number of amides is 1. The quantitative estimate of drug-likeness (QED) is 0.595.